The van der Waals surface area contributed by atoms with E-state index in [-0.39, 0.29) is 5.92 Å². The van der Waals surface area contributed by atoms with E-state index < -0.39 is 0 Å². The van der Waals surface area contributed by atoms with Crippen LogP contribution in [0.2, 0.25) is 0 Å². The average molecular weight is 260 g/mol. The minimum absolute atomic E-state index is 0.263. The van der Waals surface area contributed by atoms with Crippen LogP contribution in [0.5, 0.6) is 0 Å². The van der Waals surface area contributed by atoms with E-state index >= 15 is 0 Å². The lowest BCUT2D eigenvalue weighted by atomic mass is 9.84. The molecule has 0 aliphatic heterocycles. The fourth-order valence-electron chi connectivity index (χ4n) is 3.16. The third kappa shape index (κ3) is 2.60. The maximum Gasteiger partial charge on any atom is 0.0672 e. The molecule has 2 aliphatic carbocycles. The predicted molar refractivity (Wildman–Crippen MR) is 74.2 cm³/mol. The van der Waals surface area contributed by atoms with Crippen molar-refractivity contribution < 1.29 is 0 Å². The summed E-state index contributed by atoms with van der Waals surface area (Å²) in [4.78, 5) is 4.09. The van der Waals surface area contributed by atoms with Crippen LogP contribution in [0.25, 0.3) is 0 Å². The van der Waals surface area contributed by atoms with E-state index in [4.69, 9.17) is 0 Å². The molecule has 1 heterocycles. The zero-order chi connectivity index (χ0) is 12.4. The van der Waals surface area contributed by atoms with E-state index in [1.165, 1.54) is 37.0 Å². The summed E-state index contributed by atoms with van der Waals surface area (Å²) >= 11 is 1.84. The SMILES string of the molecule is N#CC1CCCCC1N(Cc1cccs1)C1CC1. The van der Waals surface area contributed by atoms with Crippen molar-refractivity contribution in [1.82, 2.24) is 4.90 Å². The third-order valence-electron chi connectivity index (χ3n) is 4.26. The summed E-state index contributed by atoms with van der Waals surface area (Å²) < 4.78 is 0. The van der Waals surface area contributed by atoms with Gasteiger partial charge in [0.25, 0.3) is 0 Å². The van der Waals surface area contributed by atoms with Gasteiger partial charge in [0.15, 0.2) is 0 Å². The zero-order valence-electron chi connectivity index (χ0n) is 10.7. The molecule has 1 aromatic heterocycles. The average Bonchev–Trinajstić information content (AvgIpc) is 3.13. The van der Waals surface area contributed by atoms with E-state index in [1.54, 1.807) is 0 Å². The van der Waals surface area contributed by atoms with Gasteiger partial charge in [-0.25, -0.2) is 0 Å². The molecule has 0 saturated heterocycles. The molecule has 2 nitrogen and oxygen atoms in total. The summed E-state index contributed by atoms with van der Waals surface area (Å²) in [5, 5.41) is 11.5. The van der Waals surface area contributed by atoms with Crippen LogP contribution in [0.15, 0.2) is 17.5 Å². The predicted octanol–water partition coefficient (Wildman–Crippen LogP) is 3.79. The normalized spacial score (nSPS) is 28.2. The summed E-state index contributed by atoms with van der Waals surface area (Å²) in [6.45, 7) is 1.06. The Bertz CT molecular complexity index is 416. The van der Waals surface area contributed by atoms with E-state index in [0.717, 1.165) is 19.0 Å². The highest BCUT2D eigenvalue weighted by atomic mass is 32.1. The summed E-state index contributed by atoms with van der Waals surface area (Å²) in [6.07, 6.45) is 7.54. The Balaban J connectivity index is 1.74. The first-order chi connectivity index (χ1) is 8.88. The van der Waals surface area contributed by atoms with Gasteiger partial charge >= 0.3 is 0 Å². The van der Waals surface area contributed by atoms with Crippen molar-refractivity contribution in [3.05, 3.63) is 22.4 Å². The number of hydrogen-bond donors (Lipinski definition) is 0. The van der Waals surface area contributed by atoms with Gasteiger partial charge in [0.1, 0.15) is 0 Å². The van der Waals surface area contributed by atoms with Crippen LogP contribution in [0.1, 0.15) is 43.4 Å². The molecule has 2 aliphatic rings. The lowest BCUT2D eigenvalue weighted by molar-refractivity contribution is 0.112. The summed E-state index contributed by atoms with van der Waals surface area (Å²) in [7, 11) is 0. The van der Waals surface area contributed by atoms with Crippen molar-refractivity contribution >= 4 is 11.3 Å². The molecule has 2 atom stereocenters. The van der Waals surface area contributed by atoms with Gasteiger partial charge in [-0.3, -0.25) is 4.90 Å². The number of nitriles is 1. The van der Waals surface area contributed by atoms with Crippen LogP contribution >= 0.6 is 11.3 Å². The van der Waals surface area contributed by atoms with Crippen LogP contribution < -0.4 is 0 Å². The first-order valence-electron chi connectivity index (χ1n) is 7.06. The molecular formula is C15H20N2S. The molecule has 0 N–H and O–H groups in total. The maximum absolute atomic E-state index is 9.36. The lowest BCUT2D eigenvalue weighted by Gasteiger charge is -2.37. The highest BCUT2D eigenvalue weighted by Gasteiger charge is 2.38. The molecule has 0 radical (unpaired) electrons. The Morgan fingerprint density at radius 1 is 1.28 bits per heavy atom. The number of nitrogens with zero attached hydrogens (tertiary/aromatic N) is 2. The standard InChI is InChI=1S/C15H20N2S/c16-10-12-4-1-2-6-15(12)17(13-7-8-13)11-14-5-3-9-18-14/h3,5,9,12-13,15H,1-2,4,6-8,11H2. The van der Waals surface area contributed by atoms with Gasteiger partial charge in [0, 0.05) is 23.5 Å². The molecule has 2 fully saturated rings. The summed E-state index contributed by atoms with van der Waals surface area (Å²) in [5.41, 5.74) is 0. The van der Waals surface area contributed by atoms with Crippen molar-refractivity contribution in [3.8, 4) is 6.07 Å². The van der Waals surface area contributed by atoms with E-state index in [9.17, 15) is 5.26 Å². The maximum atomic E-state index is 9.36. The third-order valence-corrected chi connectivity index (χ3v) is 5.12. The van der Waals surface area contributed by atoms with Crippen LogP contribution in [0.3, 0.4) is 0 Å². The van der Waals surface area contributed by atoms with Crippen LogP contribution in [0.4, 0.5) is 0 Å². The van der Waals surface area contributed by atoms with Crippen molar-refractivity contribution in [3.63, 3.8) is 0 Å². The second-order valence-corrected chi connectivity index (χ2v) is 6.60. The molecule has 1 aromatic rings. The van der Waals surface area contributed by atoms with Crippen molar-refractivity contribution in [2.24, 2.45) is 5.92 Å². The smallest absolute Gasteiger partial charge is 0.0672 e. The zero-order valence-corrected chi connectivity index (χ0v) is 11.5. The number of hydrogen-bond acceptors (Lipinski definition) is 3. The van der Waals surface area contributed by atoms with Gasteiger partial charge in [-0.2, -0.15) is 5.26 Å². The Labute approximate surface area is 113 Å². The molecule has 96 valence electrons. The molecule has 0 spiro atoms. The van der Waals surface area contributed by atoms with Gasteiger partial charge in [0.05, 0.1) is 12.0 Å². The monoisotopic (exact) mass is 260 g/mol. The van der Waals surface area contributed by atoms with Crippen molar-refractivity contribution in [1.29, 1.82) is 5.26 Å². The van der Waals surface area contributed by atoms with Crippen molar-refractivity contribution in [2.75, 3.05) is 0 Å². The molecular weight excluding hydrogens is 240 g/mol. The molecule has 18 heavy (non-hydrogen) atoms. The first-order valence-corrected chi connectivity index (χ1v) is 7.94. The highest BCUT2D eigenvalue weighted by molar-refractivity contribution is 7.09. The Kier molecular flexibility index (Phi) is 3.67. The molecule has 2 saturated carbocycles. The van der Waals surface area contributed by atoms with E-state index in [1.807, 2.05) is 11.3 Å². The van der Waals surface area contributed by atoms with E-state index in [0.29, 0.717) is 6.04 Å². The summed E-state index contributed by atoms with van der Waals surface area (Å²) in [5.74, 6) is 0.263. The molecule has 3 heteroatoms. The van der Waals surface area contributed by atoms with Gasteiger partial charge in [0.2, 0.25) is 0 Å². The quantitative estimate of drug-likeness (QED) is 0.823. The minimum atomic E-state index is 0.263. The Morgan fingerprint density at radius 2 is 2.11 bits per heavy atom. The Hall–Kier alpha value is -0.850. The second-order valence-electron chi connectivity index (χ2n) is 5.57. The molecule has 0 amide bonds. The minimum Gasteiger partial charge on any atom is -0.291 e. The van der Waals surface area contributed by atoms with E-state index in [2.05, 4.69) is 28.5 Å². The highest BCUT2D eigenvalue weighted by Crippen LogP contribution is 2.37. The summed E-state index contributed by atoms with van der Waals surface area (Å²) in [6, 6.07) is 8.19. The van der Waals surface area contributed by atoms with Crippen molar-refractivity contribution in [2.45, 2.75) is 57.2 Å². The molecule has 3 rings (SSSR count). The largest absolute Gasteiger partial charge is 0.291 e. The Morgan fingerprint density at radius 3 is 2.78 bits per heavy atom. The molecule has 0 aromatic carbocycles. The molecule has 0 bridgehead atoms. The van der Waals surface area contributed by atoms with Gasteiger partial charge < -0.3 is 0 Å². The van der Waals surface area contributed by atoms with Crippen LogP contribution in [0, 0.1) is 17.2 Å². The van der Waals surface area contributed by atoms with Gasteiger partial charge in [-0.05, 0) is 37.1 Å². The topological polar surface area (TPSA) is 27.0 Å². The second kappa shape index (κ2) is 5.42. The molecule has 2 unspecified atom stereocenters. The fraction of sp³-hybridized carbons (Fsp3) is 0.667. The number of rotatable bonds is 4. The van der Waals surface area contributed by atoms with Crippen LogP contribution in [-0.4, -0.2) is 17.0 Å². The first kappa shape index (κ1) is 12.2. The lowest BCUT2D eigenvalue weighted by Crippen LogP contribution is -2.42. The van der Waals surface area contributed by atoms with Gasteiger partial charge in [-0.15, -0.1) is 11.3 Å². The van der Waals surface area contributed by atoms with Gasteiger partial charge in [-0.1, -0.05) is 18.9 Å². The van der Waals surface area contributed by atoms with Crippen LogP contribution in [-0.2, 0) is 6.54 Å². The number of thiophene rings is 1. The fourth-order valence-corrected chi connectivity index (χ4v) is 3.88.